The predicted octanol–water partition coefficient (Wildman–Crippen LogP) is 0.633. The van der Waals surface area contributed by atoms with E-state index in [1.165, 1.54) is 11.0 Å². The van der Waals surface area contributed by atoms with E-state index < -0.39 is 23.7 Å². The molecule has 5 nitrogen and oxygen atoms in total. The predicted molar refractivity (Wildman–Crippen MR) is 66.5 cm³/mol. The van der Waals surface area contributed by atoms with E-state index in [0.29, 0.717) is 12.1 Å². The number of amides is 1. The Morgan fingerprint density at radius 2 is 2.21 bits per heavy atom. The highest BCUT2D eigenvalue weighted by atomic mass is 19.1. The molecule has 0 aromatic heterocycles. The minimum absolute atomic E-state index is 0.0758. The lowest BCUT2D eigenvalue weighted by molar-refractivity contribution is -0.142. The van der Waals surface area contributed by atoms with Crippen LogP contribution in [0, 0.1) is 12.7 Å². The van der Waals surface area contributed by atoms with E-state index in [1.54, 1.807) is 19.1 Å². The minimum atomic E-state index is -1.09. The second kappa shape index (κ2) is 5.36. The molecule has 2 rings (SSSR count). The number of piperazine rings is 1. The third-order valence-corrected chi connectivity index (χ3v) is 3.21. The van der Waals surface area contributed by atoms with Crippen LogP contribution in [0.2, 0.25) is 0 Å². The smallest absolute Gasteiger partial charge is 0.327 e. The Morgan fingerprint density at radius 3 is 2.89 bits per heavy atom. The van der Waals surface area contributed by atoms with Gasteiger partial charge in [0.05, 0.1) is 5.56 Å². The molecule has 6 heteroatoms. The average molecular weight is 266 g/mol. The van der Waals surface area contributed by atoms with Crippen LogP contribution in [0.25, 0.3) is 0 Å². The first-order valence-electron chi connectivity index (χ1n) is 6.02. The summed E-state index contributed by atoms with van der Waals surface area (Å²) in [5, 5.41) is 12.0. The molecule has 1 aliphatic heterocycles. The van der Waals surface area contributed by atoms with Crippen molar-refractivity contribution in [2.75, 3.05) is 19.6 Å². The van der Waals surface area contributed by atoms with Gasteiger partial charge in [-0.15, -0.1) is 0 Å². The average Bonchev–Trinajstić information content (AvgIpc) is 2.41. The van der Waals surface area contributed by atoms with Crippen LogP contribution >= 0.6 is 0 Å². The third-order valence-electron chi connectivity index (χ3n) is 3.21. The van der Waals surface area contributed by atoms with Crippen LogP contribution in [0.4, 0.5) is 4.39 Å². The number of carbonyl (C=O) groups excluding carboxylic acids is 1. The van der Waals surface area contributed by atoms with E-state index >= 15 is 0 Å². The van der Waals surface area contributed by atoms with E-state index in [1.807, 2.05) is 0 Å². The van der Waals surface area contributed by atoms with Gasteiger partial charge in [0.1, 0.15) is 11.9 Å². The van der Waals surface area contributed by atoms with Crippen molar-refractivity contribution in [2.45, 2.75) is 13.0 Å². The summed E-state index contributed by atoms with van der Waals surface area (Å²) in [7, 11) is 0. The maximum atomic E-state index is 13.9. The van der Waals surface area contributed by atoms with Gasteiger partial charge in [-0.2, -0.15) is 0 Å². The van der Waals surface area contributed by atoms with Crippen molar-refractivity contribution in [2.24, 2.45) is 0 Å². The fourth-order valence-electron chi connectivity index (χ4n) is 2.14. The lowest BCUT2D eigenvalue weighted by atomic mass is 10.1. The fourth-order valence-corrected chi connectivity index (χ4v) is 2.14. The quantitative estimate of drug-likeness (QED) is 0.824. The van der Waals surface area contributed by atoms with Crippen LogP contribution in [0.3, 0.4) is 0 Å². The van der Waals surface area contributed by atoms with E-state index in [0.717, 1.165) is 0 Å². The number of nitrogens with zero attached hydrogens (tertiary/aromatic N) is 1. The van der Waals surface area contributed by atoms with Gasteiger partial charge in [-0.3, -0.25) is 4.79 Å². The molecule has 1 amide bonds. The highest BCUT2D eigenvalue weighted by Gasteiger charge is 2.33. The molecule has 0 spiro atoms. The van der Waals surface area contributed by atoms with Crippen LogP contribution in [-0.2, 0) is 4.79 Å². The summed E-state index contributed by atoms with van der Waals surface area (Å²) < 4.78 is 13.9. The van der Waals surface area contributed by atoms with Crippen molar-refractivity contribution in [3.8, 4) is 0 Å². The molecule has 0 radical (unpaired) electrons. The molecule has 102 valence electrons. The lowest BCUT2D eigenvalue weighted by Crippen LogP contribution is -2.57. The summed E-state index contributed by atoms with van der Waals surface area (Å²) in [4.78, 5) is 24.6. The molecule has 1 atom stereocenters. The second-order valence-electron chi connectivity index (χ2n) is 4.49. The first kappa shape index (κ1) is 13.5. The maximum absolute atomic E-state index is 13.9. The van der Waals surface area contributed by atoms with E-state index in [-0.39, 0.29) is 18.7 Å². The van der Waals surface area contributed by atoms with Gasteiger partial charge in [0.2, 0.25) is 0 Å². The Bertz CT molecular complexity index is 519. The molecule has 2 N–H and O–H groups in total. The number of hydrogen-bond acceptors (Lipinski definition) is 3. The Morgan fingerprint density at radius 1 is 1.47 bits per heavy atom. The van der Waals surface area contributed by atoms with Gasteiger partial charge in [0.15, 0.2) is 0 Å². The Labute approximate surface area is 110 Å². The standard InChI is InChI=1S/C13H15FN2O3/c1-8-3-2-4-9(11(8)14)12(17)16-6-5-15-7-10(16)13(18)19/h2-4,10,15H,5-7H2,1H3,(H,18,19). The zero-order chi connectivity index (χ0) is 14.0. The van der Waals surface area contributed by atoms with Crippen LogP contribution in [-0.4, -0.2) is 47.6 Å². The Kier molecular flexibility index (Phi) is 3.80. The van der Waals surface area contributed by atoms with Crippen molar-refractivity contribution in [1.82, 2.24) is 10.2 Å². The number of carboxylic acids is 1. The molecule has 1 unspecified atom stereocenters. The molecule has 1 aromatic carbocycles. The number of carbonyl (C=O) groups is 2. The van der Waals surface area contributed by atoms with Crippen LogP contribution < -0.4 is 5.32 Å². The molecule has 19 heavy (non-hydrogen) atoms. The fraction of sp³-hybridized carbons (Fsp3) is 0.385. The zero-order valence-corrected chi connectivity index (χ0v) is 10.5. The first-order valence-corrected chi connectivity index (χ1v) is 6.02. The van der Waals surface area contributed by atoms with Crippen molar-refractivity contribution >= 4 is 11.9 Å². The molecule has 1 saturated heterocycles. The number of carboxylic acid groups (broad SMARTS) is 1. The van der Waals surface area contributed by atoms with Gasteiger partial charge in [0, 0.05) is 19.6 Å². The SMILES string of the molecule is Cc1cccc(C(=O)N2CCNCC2C(=O)O)c1F. The van der Waals surface area contributed by atoms with Crippen molar-refractivity contribution in [3.05, 3.63) is 35.1 Å². The minimum Gasteiger partial charge on any atom is -0.480 e. The van der Waals surface area contributed by atoms with E-state index in [4.69, 9.17) is 5.11 Å². The topological polar surface area (TPSA) is 69.6 Å². The number of hydrogen-bond donors (Lipinski definition) is 2. The van der Waals surface area contributed by atoms with Gasteiger partial charge >= 0.3 is 5.97 Å². The maximum Gasteiger partial charge on any atom is 0.327 e. The van der Waals surface area contributed by atoms with Gasteiger partial charge < -0.3 is 15.3 Å². The van der Waals surface area contributed by atoms with Crippen molar-refractivity contribution in [3.63, 3.8) is 0 Å². The number of halogens is 1. The summed E-state index contributed by atoms with van der Waals surface area (Å²) in [6.07, 6.45) is 0. The van der Waals surface area contributed by atoms with E-state index in [9.17, 15) is 14.0 Å². The van der Waals surface area contributed by atoms with Gasteiger partial charge in [0.25, 0.3) is 5.91 Å². The van der Waals surface area contributed by atoms with Crippen LogP contribution in [0.5, 0.6) is 0 Å². The number of aliphatic carboxylic acids is 1. The van der Waals surface area contributed by atoms with Gasteiger partial charge in [-0.05, 0) is 18.6 Å². The van der Waals surface area contributed by atoms with Gasteiger partial charge in [-0.25, -0.2) is 9.18 Å². The number of rotatable bonds is 2. The summed E-state index contributed by atoms with van der Waals surface area (Å²) in [6.45, 7) is 2.50. The molecule has 1 aliphatic rings. The largest absolute Gasteiger partial charge is 0.480 e. The molecule has 0 aliphatic carbocycles. The van der Waals surface area contributed by atoms with Gasteiger partial charge in [-0.1, -0.05) is 12.1 Å². The highest BCUT2D eigenvalue weighted by molar-refractivity contribution is 5.97. The molecular weight excluding hydrogens is 251 g/mol. The summed E-state index contributed by atoms with van der Waals surface area (Å²) >= 11 is 0. The normalized spacial score (nSPS) is 19.3. The summed E-state index contributed by atoms with van der Waals surface area (Å²) in [5.74, 6) is -2.25. The third kappa shape index (κ3) is 2.58. The van der Waals surface area contributed by atoms with Crippen LogP contribution in [0.15, 0.2) is 18.2 Å². The summed E-state index contributed by atoms with van der Waals surface area (Å²) in [5.41, 5.74) is 0.293. The Hall–Kier alpha value is -1.95. The van der Waals surface area contributed by atoms with E-state index in [2.05, 4.69) is 5.32 Å². The van der Waals surface area contributed by atoms with Crippen LogP contribution in [0.1, 0.15) is 15.9 Å². The molecule has 1 aromatic rings. The molecule has 0 saturated carbocycles. The Balaban J connectivity index is 2.31. The van der Waals surface area contributed by atoms with Crippen molar-refractivity contribution in [1.29, 1.82) is 0 Å². The second-order valence-corrected chi connectivity index (χ2v) is 4.49. The lowest BCUT2D eigenvalue weighted by Gasteiger charge is -2.33. The molecule has 1 heterocycles. The molecule has 0 bridgehead atoms. The first-order chi connectivity index (χ1) is 9.02. The highest BCUT2D eigenvalue weighted by Crippen LogP contribution is 2.16. The number of nitrogens with one attached hydrogen (secondary N) is 1. The monoisotopic (exact) mass is 266 g/mol. The number of benzene rings is 1. The number of aryl methyl sites for hydroxylation is 1. The van der Waals surface area contributed by atoms with Crippen molar-refractivity contribution < 1.29 is 19.1 Å². The zero-order valence-electron chi connectivity index (χ0n) is 10.5. The summed E-state index contributed by atoms with van der Waals surface area (Å²) in [6, 6.07) is 3.58. The molecular formula is C13H15FN2O3. The molecule has 1 fully saturated rings.